The predicted molar refractivity (Wildman–Crippen MR) is 119 cm³/mol. The molecule has 0 aliphatic carbocycles. The Morgan fingerprint density at radius 1 is 0.690 bits per heavy atom. The summed E-state index contributed by atoms with van der Waals surface area (Å²) < 4.78 is 11.3. The minimum Gasteiger partial charge on any atom is -0.470 e. The zero-order chi connectivity index (χ0) is 21.0. The number of hydrogen-bond acceptors (Lipinski definition) is 4. The average Bonchev–Trinajstić information content (AvgIpc) is 2.75. The van der Waals surface area contributed by atoms with Crippen molar-refractivity contribution in [2.45, 2.75) is 51.6 Å². The van der Waals surface area contributed by atoms with Crippen molar-refractivity contribution < 1.29 is 19.1 Å². The van der Waals surface area contributed by atoms with Crippen LogP contribution in [0, 0.1) is 0 Å². The third-order valence-corrected chi connectivity index (χ3v) is 8.82. The van der Waals surface area contributed by atoms with E-state index in [1.54, 1.807) is 0 Å². The van der Waals surface area contributed by atoms with Crippen LogP contribution >= 0.6 is 0 Å². The van der Waals surface area contributed by atoms with Crippen LogP contribution in [0.2, 0.25) is 0 Å². The molecule has 29 heavy (non-hydrogen) atoms. The van der Waals surface area contributed by atoms with Crippen molar-refractivity contribution >= 4 is 19.3 Å². The van der Waals surface area contributed by atoms with Gasteiger partial charge < -0.3 is 9.47 Å². The van der Waals surface area contributed by atoms with E-state index >= 15 is 0 Å². The van der Waals surface area contributed by atoms with E-state index in [1.807, 2.05) is 74.5 Å². The summed E-state index contributed by atoms with van der Waals surface area (Å²) in [6.07, 6.45) is 3.44. The first-order chi connectivity index (χ1) is 14.1. The Balaban J connectivity index is 2.40. The van der Waals surface area contributed by atoms with Gasteiger partial charge in [0.2, 0.25) is 0 Å². The Bertz CT molecular complexity index is 680. The summed E-state index contributed by atoms with van der Waals surface area (Å²) in [6, 6.07) is 20.2. The lowest BCUT2D eigenvalue weighted by atomic mass is 10.2. The molecule has 0 aliphatic rings. The second kappa shape index (κ2) is 12.2. The van der Waals surface area contributed by atoms with Crippen LogP contribution in [0.25, 0.3) is 0 Å². The summed E-state index contributed by atoms with van der Waals surface area (Å²) in [5.74, 6) is 0. The maximum absolute atomic E-state index is 13.4. The lowest BCUT2D eigenvalue weighted by Crippen LogP contribution is -2.57. The molecular weight excluding hydrogens is 380 g/mol. The van der Waals surface area contributed by atoms with Crippen molar-refractivity contribution in [3.05, 3.63) is 71.8 Å². The highest BCUT2D eigenvalue weighted by Gasteiger charge is 2.53. The molecule has 0 saturated heterocycles. The molecule has 0 aliphatic heterocycles. The van der Waals surface area contributed by atoms with E-state index in [9.17, 15) is 9.59 Å². The lowest BCUT2D eigenvalue weighted by molar-refractivity contribution is 0.158. The second-order valence-corrected chi connectivity index (χ2v) is 11.1. The van der Waals surface area contributed by atoms with Crippen LogP contribution in [-0.4, -0.2) is 32.5 Å². The van der Waals surface area contributed by atoms with Crippen molar-refractivity contribution in [1.29, 1.82) is 0 Å². The van der Waals surface area contributed by atoms with E-state index in [0.717, 1.165) is 36.8 Å². The lowest BCUT2D eigenvalue weighted by Gasteiger charge is -2.27. The first kappa shape index (κ1) is 22.9. The normalized spacial score (nSPS) is 11.1. The molecule has 0 bridgehead atoms. The summed E-state index contributed by atoms with van der Waals surface area (Å²) in [6.45, 7) is 4.78. The molecule has 0 saturated carbocycles. The Hall–Kier alpha value is -2.40. The van der Waals surface area contributed by atoms with E-state index in [2.05, 4.69) is 0 Å². The first-order valence-electron chi connectivity index (χ1n) is 10.5. The van der Waals surface area contributed by atoms with Crippen LogP contribution in [0.4, 0.5) is 9.59 Å². The summed E-state index contributed by atoms with van der Waals surface area (Å²) in [7, 11) is -3.31. The van der Waals surface area contributed by atoms with Gasteiger partial charge in [0.05, 0.1) is 13.2 Å². The van der Waals surface area contributed by atoms with Crippen molar-refractivity contribution in [1.82, 2.24) is 0 Å². The molecule has 0 radical (unpaired) electrons. The van der Waals surface area contributed by atoms with Crippen molar-refractivity contribution in [2.24, 2.45) is 0 Å². The summed E-state index contributed by atoms with van der Waals surface area (Å²) in [5.41, 5.74) is 1.21. The molecule has 156 valence electrons. The smallest absolute Gasteiger partial charge is 0.320 e. The van der Waals surface area contributed by atoms with E-state index < -0.39 is 8.07 Å². The Kier molecular flexibility index (Phi) is 9.64. The van der Waals surface area contributed by atoms with Crippen molar-refractivity contribution in [3.8, 4) is 0 Å². The standard InChI is InChI=1S/C24H32O4Si/c1-3-5-17-27-23(25)29(24(26)28-18-6-4-2,19-21-13-9-7-10-14-21)20-22-15-11-8-12-16-22/h7-16H,3-6,17-20H2,1-2H3. The van der Waals surface area contributed by atoms with Gasteiger partial charge in [-0.15, -0.1) is 0 Å². The summed E-state index contributed by atoms with van der Waals surface area (Å²) in [4.78, 5) is 26.7. The van der Waals surface area contributed by atoms with Gasteiger partial charge in [-0.2, -0.15) is 0 Å². The fourth-order valence-corrected chi connectivity index (χ4v) is 6.71. The molecular formula is C24H32O4Si. The number of carbonyl (C=O) groups is 2. The Morgan fingerprint density at radius 2 is 1.07 bits per heavy atom. The largest absolute Gasteiger partial charge is 0.470 e. The molecule has 0 amide bonds. The number of carbonyl (C=O) groups excluding carboxylic acids is 2. The summed E-state index contributed by atoms with van der Waals surface area (Å²) >= 11 is 0. The van der Waals surface area contributed by atoms with Gasteiger partial charge in [0.25, 0.3) is 11.2 Å². The summed E-state index contributed by atoms with van der Waals surface area (Å²) in [5, 5.41) is 0. The van der Waals surface area contributed by atoms with Gasteiger partial charge in [-0.3, -0.25) is 9.59 Å². The van der Waals surface area contributed by atoms with Crippen LogP contribution in [0.3, 0.4) is 0 Å². The number of unbranched alkanes of at least 4 members (excludes halogenated alkanes) is 2. The second-order valence-electron chi connectivity index (χ2n) is 7.39. The van der Waals surface area contributed by atoms with Crippen LogP contribution in [0.15, 0.2) is 60.7 Å². The zero-order valence-corrected chi connectivity index (χ0v) is 18.6. The third kappa shape index (κ3) is 6.86. The number of benzene rings is 2. The molecule has 0 unspecified atom stereocenters. The molecule has 0 spiro atoms. The van der Waals surface area contributed by atoms with Crippen molar-refractivity contribution in [2.75, 3.05) is 13.2 Å². The third-order valence-electron chi connectivity index (χ3n) is 4.94. The van der Waals surface area contributed by atoms with E-state index in [1.165, 1.54) is 0 Å². The molecule has 2 aromatic rings. The van der Waals surface area contributed by atoms with Gasteiger partial charge in [-0.05, 0) is 36.1 Å². The minimum atomic E-state index is -3.31. The Morgan fingerprint density at radius 3 is 1.41 bits per heavy atom. The predicted octanol–water partition coefficient (Wildman–Crippen LogP) is 6.04. The fraction of sp³-hybridized carbons (Fsp3) is 0.417. The van der Waals surface area contributed by atoms with Gasteiger partial charge in [-0.1, -0.05) is 87.4 Å². The molecule has 5 heteroatoms. The first-order valence-corrected chi connectivity index (χ1v) is 13.0. The number of hydrogen-bond donors (Lipinski definition) is 0. The van der Waals surface area contributed by atoms with E-state index in [4.69, 9.17) is 9.47 Å². The van der Waals surface area contributed by atoms with E-state index in [-0.39, 0.29) is 11.2 Å². The number of rotatable bonds is 12. The minimum absolute atomic E-state index is 0.343. The molecule has 0 heterocycles. The van der Waals surface area contributed by atoms with Crippen LogP contribution in [-0.2, 0) is 21.6 Å². The van der Waals surface area contributed by atoms with Gasteiger partial charge in [0.15, 0.2) is 0 Å². The Labute approximate surface area is 175 Å². The topological polar surface area (TPSA) is 52.6 Å². The SMILES string of the molecule is CCCCOC(=O)[Si](Cc1ccccc1)(Cc1ccccc1)C(=O)OCCCC. The van der Waals surface area contributed by atoms with Crippen LogP contribution < -0.4 is 0 Å². The van der Waals surface area contributed by atoms with Crippen LogP contribution in [0.5, 0.6) is 0 Å². The molecule has 0 aromatic heterocycles. The molecule has 4 nitrogen and oxygen atoms in total. The maximum Gasteiger partial charge on any atom is 0.320 e. The number of ether oxygens (including phenoxy) is 2. The van der Waals surface area contributed by atoms with Gasteiger partial charge in [0, 0.05) is 0 Å². The van der Waals surface area contributed by atoms with Gasteiger partial charge in [-0.25, -0.2) is 0 Å². The van der Waals surface area contributed by atoms with Crippen LogP contribution in [0.1, 0.15) is 50.7 Å². The highest BCUT2D eigenvalue weighted by molar-refractivity contribution is 7.22. The fourth-order valence-electron chi connectivity index (χ4n) is 3.22. The van der Waals surface area contributed by atoms with Gasteiger partial charge in [0.1, 0.15) is 0 Å². The molecule has 2 aromatic carbocycles. The highest BCUT2D eigenvalue weighted by atomic mass is 28.3. The highest BCUT2D eigenvalue weighted by Crippen LogP contribution is 2.23. The van der Waals surface area contributed by atoms with E-state index in [0.29, 0.717) is 25.3 Å². The monoisotopic (exact) mass is 412 g/mol. The molecule has 0 fully saturated rings. The quantitative estimate of drug-likeness (QED) is 0.315. The maximum atomic E-state index is 13.4. The van der Waals surface area contributed by atoms with Gasteiger partial charge >= 0.3 is 8.07 Å². The molecule has 2 rings (SSSR count). The van der Waals surface area contributed by atoms with Crippen molar-refractivity contribution in [3.63, 3.8) is 0 Å². The zero-order valence-electron chi connectivity index (χ0n) is 17.6. The average molecular weight is 413 g/mol. The molecule has 0 atom stereocenters. The molecule has 0 N–H and O–H groups in total.